The Balaban J connectivity index is 1.92. The molecule has 0 aromatic heterocycles. The molecule has 1 heterocycles. The monoisotopic (exact) mass is 370 g/mol. The lowest BCUT2D eigenvalue weighted by molar-refractivity contribution is 0.121. The number of hydrogen-bond donors (Lipinski definition) is 1. The highest BCUT2D eigenvalue weighted by Gasteiger charge is 2.22. The molecule has 0 amide bonds. The zero-order valence-corrected chi connectivity index (χ0v) is 16.5. The SMILES string of the molecule is COCCN1CCC(CNS(=O)(=O)c2cc(C)c(OC)c(C)c2)CC1. The molecule has 7 heteroatoms. The number of nitrogens with one attached hydrogen (secondary N) is 1. The molecule has 1 saturated heterocycles. The first kappa shape index (κ1) is 20.2. The van der Waals surface area contributed by atoms with Crippen molar-refractivity contribution in [1.29, 1.82) is 0 Å². The molecular formula is C18H30N2O4S. The van der Waals surface area contributed by atoms with Gasteiger partial charge in [-0.1, -0.05) is 0 Å². The summed E-state index contributed by atoms with van der Waals surface area (Å²) >= 11 is 0. The molecule has 1 aliphatic rings. The lowest BCUT2D eigenvalue weighted by atomic mass is 9.97. The van der Waals surface area contributed by atoms with Crippen molar-refractivity contribution in [2.45, 2.75) is 31.6 Å². The van der Waals surface area contributed by atoms with E-state index in [4.69, 9.17) is 9.47 Å². The van der Waals surface area contributed by atoms with Crippen LogP contribution < -0.4 is 9.46 Å². The van der Waals surface area contributed by atoms with Crippen LogP contribution >= 0.6 is 0 Å². The molecule has 1 aromatic carbocycles. The maximum atomic E-state index is 12.6. The van der Waals surface area contributed by atoms with E-state index in [-0.39, 0.29) is 0 Å². The molecule has 1 aromatic rings. The summed E-state index contributed by atoms with van der Waals surface area (Å²) in [6.07, 6.45) is 2.01. The van der Waals surface area contributed by atoms with Gasteiger partial charge < -0.3 is 14.4 Å². The van der Waals surface area contributed by atoms with Crippen molar-refractivity contribution in [2.75, 3.05) is 47.0 Å². The van der Waals surface area contributed by atoms with Crippen molar-refractivity contribution in [3.8, 4) is 5.75 Å². The largest absolute Gasteiger partial charge is 0.496 e. The predicted octanol–water partition coefficient (Wildman–Crippen LogP) is 1.95. The number of sulfonamides is 1. The van der Waals surface area contributed by atoms with Crippen molar-refractivity contribution < 1.29 is 17.9 Å². The fraction of sp³-hybridized carbons (Fsp3) is 0.667. The van der Waals surface area contributed by atoms with E-state index in [1.165, 1.54) is 0 Å². The van der Waals surface area contributed by atoms with Crippen LogP contribution in [0.25, 0.3) is 0 Å². The predicted molar refractivity (Wildman–Crippen MR) is 98.7 cm³/mol. The standard InChI is InChI=1S/C18H30N2O4S/c1-14-11-17(12-15(2)18(14)24-4)25(21,22)19-13-16-5-7-20(8-6-16)9-10-23-3/h11-12,16,19H,5-10,13H2,1-4H3. The van der Waals surface area contributed by atoms with Gasteiger partial charge in [-0.3, -0.25) is 0 Å². The normalized spacial score (nSPS) is 17.0. The van der Waals surface area contributed by atoms with Gasteiger partial charge in [-0.05, 0) is 69.0 Å². The Hall–Kier alpha value is -1.15. The number of methoxy groups -OCH3 is 2. The van der Waals surface area contributed by atoms with Gasteiger partial charge in [0.15, 0.2) is 0 Å². The van der Waals surface area contributed by atoms with Gasteiger partial charge in [0.25, 0.3) is 0 Å². The van der Waals surface area contributed by atoms with E-state index in [0.717, 1.165) is 56.0 Å². The number of likely N-dealkylation sites (tertiary alicyclic amines) is 1. The third-order valence-corrected chi connectivity index (χ3v) is 6.23. The molecule has 25 heavy (non-hydrogen) atoms. The summed E-state index contributed by atoms with van der Waals surface area (Å²) < 4.78 is 38.4. The highest BCUT2D eigenvalue weighted by Crippen LogP contribution is 2.26. The summed E-state index contributed by atoms with van der Waals surface area (Å²) in [7, 11) is -0.186. The second-order valence-electron chi connectivity index (χ2n) is 6.72. The van der Waals surface area contributed by atoms with E-state index in [9.17, 15) is 8.42 Å². The maximum absolute atomic E-state index is 12.6. The topological polar surface area (TPSA) is 67.9 Å². The molecule has 0 bridgehead atoms. The fourth-order valence-electron chi connectivity index (χ4n) is 3.33. The Morgan fingerprint density at radius 3 is 2.28 bits per heavy atom. The van der Waals surface area contributed by atoms with Crippen LogP contribution in [0.3, 0.4) is 0 Å². The highest BCUT2D eigenvalue weighted by molar-refractivity contribution is 7.89. The van der Waals surface area contributed by atoms with Crippen LogP contribution in [0.2, 0.25) is 0 Å². The smallest absolute Gasteiger partial charge is 0.240 e. The fourth-order valence-corrected chi connectivity index (χ4v) is 4.62. The van der Waals surface area contributed by atoms with Crippen molar-refractivity contribution in [3.63, 3.8) is 0 Å². The molecule has 0 atom stereocenters. The Morgan fingerprint density at radius 2 is 1.76 bits per heavy atom. The first-order valence-corrected chi connectivity index (χ1v) is 10.2. The van der Waals surface area contributed by atoms with E-state index < -0.39 is 10.0 Å². The van der Waals surface area contributed by atoms with E-state index in [1.807, 2.05) is 13.8 Å². The van der Waals surface area contributed by atoms with Gasteiger partial charge in [0.2, 0.25) is 10.0 Å². The lowest BCUT2D eigenvalue weighted by Crippen LogP contribution is -2.39. The van der Waals surface area contributed by atoms with E-state index in [2.05, 4.69) is 9.62 Å². The minimum Gasteiger partial charge on any atom is -0.496 e. The third-order valence-electron chi connectivity index (χ3n) is 4.83. The number of hydrogen-bond acceptors (Lipinski definition) is 5. The molecule has 6 nitrogen and oxygen atoms in total. The van der Waals surface area contributed by atoms with Crippen LogP contribution in [0.5, 0.6) is 5.75 Å². The minimum atomic E-state index is -3.50. The van der Waals surface area contributed by atoms with E-state index in [1.54, 1.807) is 26.4 Å². The van der Waals surface area contributed by atoms with Gasteiger partial charge in [-0.15, -0.1) is 0 Å². The summed E-state index contributed by atoms with van der Waals surface area (Å²) in [5.41, 5.74) is 1.66. The molecule has 2 rings (SSSR count). The molecule has 1 fully saturated rings. The van der Waals surface area contributed by atoms with Crippen molar-refractivity contribution in [2.24, 2.45) is 5.92 Å². The summed E-state index contributed by atoms with van der Waals surface area (Å²) in [4.78, 5) is 2.67. The van der Waals surface area contributed by atoms with Gasteiger partial charge in [-0.2, -0.15) is 0 Å². The molecule has 0 unspecified atom stereocenters. The average Bonchev–Trinajstić information content (AvgIpc) is 2.59. The molecule has 1 aliphatic heterocycles. The zero-order valence-electron chi connectivity index (χ0n) is 15.7. The summed E-state index contributed by atoms with van der Waals surface area (Å²) in [6.45, 7) is 7.89. The van der Waals surface area contributed by atoms with Crippen LogP contribution in [0.15, 0.2) is 17.0 Å². The Kier molecular flexibility index (Phi) is 7.25. The molecular weight excluding hydrogens is 340 g/mol. The van der Waals surface area contributed by atoms with E-state index in [0.29, 0.717) is 17.4 Å². The first-order valence-electron chi connectivity index (χ1n) is 8.73. The Labute approximate surface area is 151 Å². The van der Waals surface area contributed by atoms with Crippen molar-refractivity contribution >= 4 is 10.0 Å². The minimum absolute atomic E-state index is 0.306. The molecule has 1 N–H and O–H groups in total. The first-order chi connectivity index (χ1) is 11.9. The average molecular weight is 371 g/mol. The van der Waals surface area contributed by atoms with Crippen molar-refractivity contribution in [1.82, 2.24) is 9.62 Å². The maximum Gasteiger partial charge on any atom is 0.240 e. The van der Waals surface area contributed by atoms with Gasteiger partial charge in [0.05, 0.1) is 18.6 Å². The Bertz CT molecular complexity index is 645. The van der Waals surface area contributed by atoms with Crippen LogP contribution in [-0.2, 0) is 14.8 Å². The number of piperidine rings is 1. The van der Waals surface area contributed by atoms with Crippen LogP contribution in [0.1, 0.15) is 24.0 Å². The van der Waals surface area contributed by atoms with Gasteiger partial charge in [-0.25, -0.2) is 13.1 Å². The number of benzene rings is 1. The van der Waals surface area contributed by atoms with E-state index >= 15 is 0 Å². The number of nitrogens with zero attached hydrogens (tertiary/aromatic N) is 1. The number of ether oxygens (including phenoxy) is 2. The quantitative estimate of drug-likeness (QED) is 0.758. The van der Waals surface area contributed by atoms with Gasteiger partial charge in [0.1, 0.15) is 5.75 Å². The number of aryl methyl sites for hydroxylation is 2. The number of rotatable bonds is 8. The molecule has 0 aliphatic carbocycles. The molecule has 0 saturated carbocycles. The highest BCUT2D eigenvalue weighted by atomic mass is 32.2. The summed E-state index contributed by atoms with van der Waals surface area (Å²) in [6, 6.07) is 3.34. The molecule has 0 radical (unpaired) electrons. The van der Waals surface area contributed by atoms with Crippen LogP contribution in [0, 0.1) is 19.8 Å². The molecule has 142 valence electrons. The summed E-state index contributed by atoms with van der Waals surface area (Å²) in [5.74, 6) is 1.12. The van der Waals surface area contributed by atoms with Crippen LogP contribution in [-0.4, -0.2) is 60.3 Å². The lowest BCUT2D eigenvalue weighted by Gasteiger charge is -2.31. The third kappa shape index (κ3) is 5.41. The Morgan fingerprint density at radius 1 is 1.16 bits per heavy atom. The molecule has 0 spiro atoms. The summed E-state index contributed by atoms with van der Waals surface area (Å²) in [5, 5.41) is 0. The van der Waals surface area contributed by atoms with Crippen LogP contribution in [0.4, 0.5) is 0 Å². The zero-order chi connectivity index (χ0) is 18.4. The van der Waals surface area contributed by atoms with Crippen molar-refractivity contribution in [3.05, 3.63) is 23.3 Å². The second-order valence-corrected chi connectivity index (χ2v) is 8.49. The second kappa shape index (κ2) is 8.98. The van der Waals surface area contributed by atoms with Gasteiger partial charge in [0, 0.05) is 20.2 Å². The van der Waals surface area contributed by atoms with Gasteiger partial charge >= 0.3 is 0 Å².